The number of halogens is 3. The molecule has 1 nitrogen and oxygen atoms in total. The molecule has 1 aromatic carbocycles. The molecule has 0 bridgehead atoms. The Morgan fingerprint density at radius 2 is 2.13 bits per heavy atom. The molecule has 4 heteroatoms. The summed E-state index contributed by atoms with van der Waals surface area (Å²) in [4.78, 5) is 10.2. The number of hydrogen-bond donors (Lipinski definition) is 0. The summed E-state index contributed by atoms with van der Waals surface area (Å²) in [6.45, 7) is 2.01. The van der Waals surface area contributed by atoms with Crippen LogP contribution in [0.1, 0.15) is 24.5 Å². The number of carbonyl (C=O) groups is 1. The second-order valence-electron chi connectivity index (χ2n) is 3.30. The van der Waals surface area contributed by atoms with E-state index in [2.05, 4.69) is 15.9 Å². The molecule has 15 heavy (non-hydrogen) atoms. The van der Waals surface area contributed by atoms with Gasteiger partial charge in [0.15, 0.2) is 6.29 Å². The van der Waals surface area contributed by atoms with Crippen LogP contribution in [0.5, 0.6) is 0 Å². The standard InChI is InChI=1S/C11H11BrF2O/c1-2-3-8-4-5-9(6-10(8)12)11(13,14)7-15/h4-7H,2-3H2,1H3. The minimum atomic E-state index is -3.40. The molecule has 82 valence electrons. The van der Waals surface area contributed by atoms with Gasteiger partial charge in [-0.1, -0.05) is 41.4 Å². The number of rotatable bonds is 4. The summed E-state index contributed by atoms with van der Waals surface area (Å²) in [7, 11) is 0. The summed E-state index contributed by atoms with van der Waals surface area (Å²) >= 11 is 3.22. The highest BCUT2D eigenvalue weighted by Crippen LogP contribution is 2.29. The van der Waals surface area contributed by atoms with E-state index < -0.39 is 5.92 Å². The van der Waals surface area contributed by atoms with Gasteiger partial charge < -0.3 is 0 Å². The molecule has 0 unspecified atom stereocenters. The summed E-state index contributed by atoms with van der Waals surface area (Å²) in [5.74, 6) is -3.40. The first kappa shape index (κ1) is 12.3. The minimum absolute atomic E-state index is 0.274. The van der Waals surface area contributed by atoms with Crippen LogP contribution < -0.4 is 0 Å². The van der Waals surface area contributed by atoms with Crippen molar-refractivity contribution in [2.45, 2.75) is 25.7 Å². The largest absolute Gasteiger partial charge is 0.327 e. The maximum atomic E-state index is 13.0. The Balaban J connectivity index is 3.06. The highest BCUT2D eigenvalue weighted by molar-refractivity contribution is 9.10. The van der Waals surface area contributed by atoms with Crippen LogP contribution in [0.25, 0.3) is 0 Å². The third-order valence-corrected chi connectivity index (χ3v) is 2.84. The Morgan fingerprint density at radius 1 is 1.47 bits per heavy atom. The lowest BCUT2D eigenvalue weighted by Gasteiger charge is -2.11. The van der Waals surface area contributed by atoms with Gasteiger partial charge in [-0.15, -0.1) is 0 Å². The molecule has 0 radical (unpaired) electrons. The number of hydrogen-bond acceptors (Lipinski definition) is 1. The van der Waals surface area contributed by atoms with Gasteiger partial charge in [0, 0.05) is 10.0 Å². The maximum absolute atomic E-state index is 13.0. The van der Waals surface area contributed by atoms with E-state index in [9.17, 15) is 13.6 Å². The third kappa shape index (κ3) is 2.84. The molecule has 0 heterocycles. The van der Waals surface area contributed by atoms with Crippen LogP contribution in [-0.2, 0) is 17.1 Å². The summed E-state index contributed by atoms with van der Waals surface area (Å²) in [5.41, 5.74) is 0.701. The molecule has 0 fully saturated rings. The summed E-state index contributed by atoms with van der Waals surface area (Å²) < 4.78 is 26.6. The average molecular weight is 277 g/mol. The van der Waals surface area contributed by atoms with Crippen LogP contribution in [0.3, 0.4) is 0 Å². The van der Waals surface area contributed by atoms with Crippen LogP contribution in [0, 0.1) is 0 Å². The van der Waals surface area contributed by atoms with Gasteiger partial charge in [-0.3, -0.25) is 4.79 Å². The minimum Gasteiger partial charge on any atom is -0.296 e. The van der Waals surface area contributed by atoms with Gasteiger partial charge in [0.2, 0.25) is 0 Å². The Kier molecular flexibility index (Phi) is 3.97. The number of aldehydes is 1. The van der Waals surface area contributed by atoms with Gasteiger partial charge in [0.25, 0.3) is 0 Å². The van der Waals surface area contributed by atoms with Crippen LogP contribution in [0.2, 0.25) is 0 Å². The molecule has 0 aliphatic carbocycles. The van der Waals surface area contributed by atoms with Gasteiger partial charge >= 0.3 is 5.92 Å². The van der Waals surface area contributed by atoms with Gasteiger partial charge in [0.1, 0.15) is 0 Å². The van der Waals surface area contributed by atoms with Crippen LogP contribution >= 0.6 is 15.9 Å². The summed E-state index contributed by atoms with van der Waals surface area (Å²) in [6, 6.07) is 4.23. The van der Waals surface area contributed by atoms with Gasteiger partial charge in [-0.25, -0.2) is 0 Å². The average Bonchev–Trinajstić information content (AvgIpc) is 2.21. The van der Waals surface area contributed by atoms with Crippen molar-refractivity contribution in [1.29, 1.82) is 0 Å². The topological polar surface area (TPSA) is 17.1 Å². The van der Waals surface area contributed by atoms with Crippen LogP contribution in [0.4, 0.5) is 8.78 Å². The molecule has 0 atom stereocenters. The SMILES string of the molecule is CCCc1ccc(C(F)(F)C=O)cc1Br. The lowest BCUT2D eigenvalue weighted by atomic mass is 10.0. The fourth-order valence-electron chi connectivity index (χ4n) is 1.29. The zero-order chi connectivity index (χ0) is 11.5. The van der Waals surface area contributed by atoms with Crippen molar-refractivity contribution in [2.75, 3.05) is 0 Å². The lowest BCUT2D eigenvalue weighted by molar-refractivity contribution is -0.130. The zero-order valence-electron chi connectivity index (χ0n) is 8.27. The predicted octanol–water partition coefficient (Wildman–Crippen LogP) is 3.69. The molecule has 1 rings (SSSR count). The quantitative estimate of drug-likeness (QED) is 0.767. The highest BCUT2D eigenvalue weighted by atomic mass is 79.9. The summed E-state index contributed by atoms with van der Waals surface area (Å²) in [6.07, 6.45) is 1.43. The van der Waals surface area contributed by atoms with E-state index >= 15 is 0 Å². The van der Waals surface area contributed by atoms with Gasteiger partial charge in [-0.05, 0) is 18.1 Å². The van der Waals surface area contributed by atoms with Gasteiger partial charge in [0.05, 0.1) is 0 Å². The molecule has 0 saturated heterocycles. The predicted molar refractivity (Wildman–Crippen MR) is 58.1 cm³/mol. The van der Waals surface area contributed by atoms with E-state index in [1.807, 2.05) is 6.92 Å². The Labute approximate surface area is 95.6 Å². The van der Waals surface area contributed by atoms with E-state index in [1.54, 1.807) is 6.07 Å². The van der Waals surface area contributed by atoms with Crippen molar-refractivity contribution in [3.63, 3.8) is 0 Å². The Hall–Kier alpha value is -0.770. The molecule has 0 aliphatic heterocycles. The van der Waals surface area contributed by atoms with E-state index in [0.717, 1.165) is 18.4 Å². The monoisotopic (exact) mass is 276 g/mol. The van der Waals surface area contributed by atoms with Crippen molar-refractivity contribution in [3.8, 4) is 0 Å². The molecule has 0 aromatic heterocycles. The fourth-order valence-corrected chi connectivity index (χ4v) is 1.87. The van der Waals surface area contributed by atoms with Gasteiger partial charge in [-0.2, -0.15) is 8.78 Å². The first-order valence-electron chi connectivity index (χ1n) is 4.64. The van der Waals surface area contributed by atoms with Crippen LogP contribution in [0.15, 0.2) is 22.7 Å². The molecule has 0 N–H and O–H groups in total. The Bertz CT molecular complexity index is 364. The van der Waals surface area contributed by atoms with Crippen molar-refractivity contribution in [2.24, 2.45) is 0 Å². The highest BCUT2D eigenvalue weighted by Gasteiger charge is 2.30. The smallest absolute Gasteiger partial charge is 0.296 e. The molecule has 0 amide bonds. The first-order valence-corrected chi connectivity index (χ1v) is 5.43. The van der Waals surface area contributed by atoms with Crippen molar-refractivity contribution < 1.29 is 13.6 Å². The number of alkyl halides is 2. The molecule has 0 spiro atoms. The molecular weight excluding hydrogens is 266 g/mol. The Morgan fingerprint density at radius 3 is 2.60 bits per heavy atom. The molecule has 0 saturated carbocycles. The van der Waals surface area contributed by atoms with E-state index in [0.29, 0.717) is 4.47 Å². The fraction of sp³-hybridized carbons (Fsp3) is 0.364. The van der Waals surface area contributed by atoms with E-state index in [1.165, 1.54) is 12.1 Å². The molecule has 0 aliphatic rings. The zero-order valence-corrected chi connectivity index (χ0v) is 9.85. The second kappa shape index (κ2) is 4.84. The van der Waals surface area contributed by atoms with E-state index in [4.69, 9.17) is 0 Å². The van der Waals surface area contributed by atoms with Crippen molar-refractivity contribution in [3.05, 3.63) is 33.8 Å². The number of benzene rings is 1. The normalized spacial score (nSPS) is 11.5. The number of carbonyl (C=O) groups excluding carboxylic acids is 1. The lowest BCUT2D eigenvalue weighted by Crippen LogP contribution is -2.14. The second-order valence-corrected chi connectivity index (χ2v) is 4.15. The maximum Gasteiger partial charge on any atom is 0.327 e. The van der Waals surface area contributed by atoms with E-state index in [-0.39, 0.29) is 11.8 Å². The van der Waals surface area contributed by atoms with Crippen molar-refractivity contribution in [1.82, 2.24) is 0 Å². The first-order chi connectivity index (χ1) is 7.01. The molecular formula is C11H11BrF2O. The van der Waals surface area contributed by atoms with Crippen molar-refractivity contribution >= 4 is 22.2 Å². The number of aryl methyl sites for hydroxylation is 1. The molecule has 1 aromatic rings. The van der Waals surface area contributed by atoms with Crippen LogP contribution in [-0.4, -0.2) is 6.29 Å². The summed E-state index contributed by atoms with van der Waals surface area (Å²) in [5, 5.41) is 0. The third-order valence-electron chi connectivity index (χ3n) is 2.11.